The Labute approximate surface area is 149 Å². The first kappa shape index (κ1) is 15.8. The van der Waals surface area contributed by atoms with E-state index >= 15 is 0 Å². The third kappa shape index (κ3) is 2.58. The van der Waals surface area contributed by atoms with Crippen molar-refractivity contribution in [2.75, 3.05) is 11.9 Å². The van der Waals surface area contributed by atoms with Crippen molar-refractivity contribution in [3.63, 3.8) is 0 Å². The Morgan fingerprint density at radius 3 is 2.24 bits per heavy atom. The van der Waals surface area contributed by atoms with Gasteiger partial charge in [0.1, 0.15) is 0 Å². The molecule has 0 N–H and O–H groups in total. The number of anilines is 2. The molecule has 0 saturated carbocycles. The van der Waals surface area contributed by atoms with Crippen molar-refractivity contribution in [2.24, 2.45) is 0 Å². The molecule has 0 aliphatic rings. The maximum Gasteiger partial charge on any atom is 0.0495 e. The maximum atomic E-state index is 2.48. The van der Waals surface area contributed by atoms with E-state index in [9.17, 15) is 0 Å². The summed E-state index contributed by atoms with van der Waals surface area (Å²) in [6, 6.07) is 26.6. The lowest BCUT2D eigenvalue weighted by atomic mass is 10.1. The van der Waals surface area contributed by atoms with E-state index in [2.05, 4.69) is 103 Å². The monoisotopic (exact) mass is 328 g/mol. The standard InChI is InChI=1S/C23H24N2/c1-4-17(2)25-22-13-9-8-12-20(22)21-16-19(14-15-23(21)25)24(3)18-10-6-5-7-11-18/h5-17H,4H2,1-3H3/t17-/m1/s1. The normalized spacial score (nSPS) is 12.6. The molecule has 25 heavy (non-hydrogen) atoms. The van der Waals surface area contributed by atoms with Gasteiger partial charge in [0.15, 0.2) is 0 Å². The van der Waals surface area contributed by atoms with Crippen LogP contribution in [-0.2, 0) is 0 Å². The van der Waals surface area contributed by atoms with E-state index in [-0.39, 0.29) is 0 Å². The summed E-state index contributed by atoms with van der Waals surface area (Å²) in [6.45, 7) is 4.55. The summed E-state index contributed by atoms with van der Waals surface area (Å²) < 4.78 is 2.48. The number of aromatic nitrogens is 1. The van der Waals surface area contributed by atoms with Gasteiger partial charge in [-0.25, -0.2) is 0 Å². The van der Waals surface area contributed by atoms with Crippen LogP contribution in [0, 0.1) is 0 Å². The second kappa shape index (κ2) is 6.29. The molecule has 0 bridgehead atoms. The molecule has 0 radical (unpaired) electrons. The summed E-state index contributed by atoms with van der Waals surface area (Å²) in [7, 11) is 2.13. The topological polar surface area (TPSA) is 8.17 Å². The van der Waals surface area contributed by atoms with Crippen molar-refractivity contribution in [3.05, 3.63) is 72.8 Å². The minimum absolute atomic E-state index is 0.486. The average molecular weight is 328 g/mol. The lowest BCUT2D eigenvalue weighted by Gasteiger charge is -2.20. The van der Waals surface area contributed by atoms with Crippen LogP contribution in [0.3, 0.4) is 0 Å². The molecule has 0 aliphatic carbocycles. The quantitative estimate of drug-likeness (QED) is 0.413. The number of hydrogen-bond acceptors (Lipinski definition) is 1. The second-order valence-electron chi connectivity index (χ2n) is 6.74. The van der Waals surface area contributed by atoms with E-state index in [1.165, 1.54) is 33.2 Å². The van der Waals surface area contributed by atoms with Gasteiger partial charge in [0.05, 0.1) is 0 Å². The van der Waals surface area contributed by atoms with E-state index in [0.717, 1.165) is 6.42 Å². The van der Waals surface area contributed by atoms with Crippen LogP contribution < -0.4 is 4.90 Å². The molecular weight excluding hydrogens is 304 g/mol. The molecular formula is C23H24N2. The lowest BCUT2D eigenvalue weighted by molar-refractivity contribution is 0.563. The molecule has 2 heteroatoms. The van der Waals surface area contributed by atoms with E-state index in [1.807, 2.05) is 0 Å². The maximum absolute atomic E-state index is 2.48. The van der Waals surface area contributed by atoms with Crippen LogP contribution >= 0.6 is 0 Å². The SMILES string of the molecule is CC[C@@H](C)n1c2ccccc2c2cc(N(C)c3ccccc3)ccc21. The first-order valence-corrected chi connectivity index (χ1v) is 9.02. The Balaban J connectivity index is 1.93. The molecule has 4 rings (SSSR count). The number of hydrogen-bond donors (Lipinski definition) is 0. The van der Waals surface area contributed by atoms with Crippen LogP contribution in [-0.4, -0.2) is 11.6 Å². The molecule has 1 heterocycles. The van der Waals surface area contributed by atoms with Gasteiger partial charge in [-0.3, -0.25) is 0 Å². The van der Waals surface area contributed by atoms with E-state index in [4.69, 9.17) is 0 Å². The fourth-order valence-corrected chi connectivity index (χ4v) is 3.66. The average Bonchev–Trinajstić information content (AvgIpc) is 3.01. The predicted octanol–water partition coefficient (Wildman–Crippen LogP) is 6.53. The highest BCUT2D eigenvalue weighted by atomic mass is 15.1. The Kier molecular flexibility index (Phi) is 3.96. The molecule has 0 unspecified atom stereocenters. The third-order valence-corrected chi connectivity index (χ3v) is 5.26. The molecule has 2 nitrogen and oxygen atoms in total. The van der Waals surface area contributed by atoms with Gasteiger partial charge in [0, 0.05) is 46.3 Å². The van der Waals surface area contributed by atoms with Crippen molar-refractivity contribution in [1.82, 2.24) is 4.57 Å². The number of para-hydroxylation sites is 2. The van der Waals surface area contributed by atoms with Crippen molar-refractivity contribution < 1.29 is 0 Å². The van der Waals surface area contributed by atoms with Crippen molar-refractivity contribution in [1.29, 1.82) is 0 Å². The van der Waals surface area contributed by atoms with Gasteiger partial charge < -0.3 is 9.47 Å². The minimum atomic E-state index is 0.486. The Morgan fingerprint density at radius 2 is 1.48 bits per heavy atom. The Bertz CT molecular complexity index is 1010. The Hall–Kier alpha value is -2.74. The molecule has 3 aromatic carbocycles. The van der Waals surface area contributed by atoms with Crippen LogP contribution in [0.5, 0.6) is 0 Å². The zero-order valence-electron chi connectivity index (χ0n) is 15.1. The lowest BCUT2D eigenvalue weighted by Crippen LogP contribution is -2.09. The molecule has 1 aromatic heterocycles. The molecule has 0 fully saturated rings. The van der Waals surface area contributed by atoms with Crippen LogP contribution in [0.4, 0.5) is 11.4 Å². The van der Waals surface area contributed by atoms with Gasteiger partial charge in [-0.15, -0.1) is 0 Å². The van der Waals surface area contributed by atoms with Gasteiger partial charge in [-0.1, -0.05) is 43.3 Å². The second-order valence-corrected chi connectivity index (χ2v) is 6.74. The van der Waals surface area contributed by atoms with Gasteiger partial charge in [-0.05, 0) is 49.7 Å². The largest absolute Gasteiger partial charge is 0.345 e. The summed E-state index contributed by atoms with van der Waals surface area (Å²) in [5, 5.41) is 2.66. The molecule has 4 aromatic rings. The summed E-state index contributed by atoms with van der Waals surface area (Å²) in [5.41, 5.74) is 5.06. The zero-order chi connectivity index (χ0) is 17.4. The first-order chi connectivity index (χ1) is 12.2. The molecule has 0 amide bonds. The smallest absolute Gasteiger partial charge is 0.0495 e. The summed E-state index contributed by atoms with van der Waals surface area (Å²) in [4.78, 5) is 2.24. The third-order valence-electron chi connectivity index (χ3n) is 5.26. The summed E-state index contributed by atoms with van der Waals surface area (Å²) >= 11 is 0. The van der Waals surface area contributed by atoms with Crippen molar-refractivity contribution >= 4 is 33.2 Å². The predicted molar refractivity (Wildman–Crippen MR) is 109 cm³/mol. The van der Waals surface area contributed by atoms with E-state index in [0.29, 0.717) is 6.04 Å². The molecule has 0 saturated heterocycles. The van der Waals surface area contributed by atoms with Gasteiger partial charge in [-0.2, -0.15) is 0 Å². The minimum Gasteiger partial charge on any atom is -0.345 e. The highest BCUT2D eigenvalue weighted by Crippen LogP contribution is 2.36. The number of fused-ring (bicyclic) bond motifs is 3. The van der Waals surface area contributed by atoms with Gasteiger partial charge >= 0.3 is 0 Å². The number of benzene rings is 3. The van der Waals surface area contributed by atoms with Crippen LogP contribution in [0.25, 0.3) is 21.8 Å². The van der Waals surface area contributed by atoms with Crippen molar-refractivity contribution in [2.45, 2.75) is 26.3 Å². The van der Waals surface area contributed by atoms with Crippen LogP contribution in [0.2, 0.25) is 0 Å². The first-order valence-electron chi connectivity index (χ1n) is 9.02. The van der Waals surface area contributed by atoms with Crippen molar-refractivity contribution in [3.8, 4) is 0 Å². The zero-order valence-corrected chi connectivity index (χ0v) is 15.1. The molecule has 0 aliphatic heterocycles. The van der Waals surface area contributed by atoms with E-state index < -0.39 is 0 Å². The molecule has 1 atom stereocenters. The fraction of sp³-hybridized carbons (Fsp3) is 0.217. The highest BCUT2D eigenvalue weighted by Gasteiger charge is 2.15. The van der Waals surface area contributed by atoms with Gasteiger partial charge in [0.25, 0.3) is 0 Å². The number of rotatable bonds is 4. The fourth-order valence-electron chi connectivity index (χ4n) is 3.66. The highest BCUT2D eigenvalue weighted by molar-refractivity contribution is 6.09. The summed E-state index contributed by atoms with van der Waals surface area (Å²) in [6.07, 6.45) is 1.12. The van der Waals surface area contributed by atoms with Gasteiger partial charge in [0.2, 0.25) is 0 Å². The molecule has 0 spiro atoms. The molecule has 126 valence electrons. The summed E-state index contributed by atoms with van der Waals surface area (Å²) in [5.74, 6) is 0. The van der Waals surface area contributed by atoms with E-state index in [1.54, 1.807) is 0 Å². The number of nitrogens with zero attached hydrogens (tertiary/aromatic N) is 2. The Morgan fingerprint density at radius 1 is 0.800 bits per heavy atom. The van der Waals surface area contributed by atoms with Crippen LogP contribution in [0.1, 0.15) is 26.3 Å². The van der Waals surface area contributed by atoms with Crippen LogP contribution in [0.15, 0.2) is 72.8 Å².